The standard InChI is InChI=1S/C26H27ClN2O3/c27-23-10-6-7-19(17-23)18-28-26(32)24(11-4-5-16-30)29-25(31)22-14-12-21(13-15-22)20-8-2-1-3-9-20/h1-3,6-10,12-15,17,24,30H,4-5,11,16,18H2,(H,28,32)(H,29,31). The third kappa shape index (κ3) is 6.94. The molecule has 3 rings (SSSR count). The van der Waals surface area contributed by atoms with Gasteiger partial charge in [-0.3, -0.25) is 9.59 Å². The van der Waals surface area contributed by atoms with Crippen LogP contribution in [-0.4, -0.2) is 29.6 Å². The Hall–Kier alpha value is -3.15. The Morgan fingerprint density at radius 2 is 1.59 bits per heavy atom. The molecule has 0 bridgehead atoms. The first-order valence-corrected chi connectivity index (χ1v) is 11.0. The highest BCUT2D eigenvalue weighted by Crippen LogP contribution is 2.19. The summed E-state index contributed by atoms with van der Waals surface area (Å²) in [6.07, 6.45) is 1.63. The van der Waals surface area contributed by atoms with Crippen molar-refractivity contribution < 1.29 is 14.7 Å². The van der Waals surface area contributed by atoms with Gasteiger partial charge in [0.05, 0.1) is 0 Å². The van der Waals surface area contributed by atoms with Crippen LogP contribution in [0.3, 0.4) is 0 Å². The summed E-state index contributed by atoms with van der Waals surface area (Å²) in [6.45, 7) is 0.364. The molecule has 166 valence electrons. The summed E-state index contributed by atoms with van der Waals surface area (Å²) in [5, 5.41) is 15.4. The number of halogens is 1. The Bertz CT molecular complexity index is 1020. The predicted molar refractivity (Wildman–Crippen MR) is 127 cm³/mol. The average Bonchev–Trinajstić information content (AvgIpc) is 2.82. The molecule has 5 nitrogen and oxygen atoms in total. The normalized spacial score (nSPS) is 11.6. The van der Waals surface area contributed by atoms with Gasteiger partial charge in [0.15, 0.2) is 0 Å². The maximum absolute atomic E-state index is 12.8. The van der Waals surface area contributed by atoms with E-state index >= 15 is 0 Å². The number of aliphatic hydroxyl groups is 1. The van der Waals surface area contributed by atoms with Crippen molar-refractivity contribution >= 4 is 23.4 Å². The van der Waals surface area contributed by atoms with Gasteiger partial charge in [-0.15, -0.1) is 0 Å². The lowest BCUT2D eigenvalue weighted by Crippen LogP contribution is -2.46. The molecule has 3 N–H and O–H groups in total. The summed E-state index contributed by atoms with van der Waals surface area (Å²) in [7, 11) is 0. The van der Waals surface area contributed by atoms with Crippen LogP contribution in [0, 0.1) is 0 Å². The van der Waals surface area contributed by atoms with Crippen molar-refractivity contribution in [3.63, 3.8) is 0 Å². The fourth-order valence-electron chi connectivity index (χ4n) is 3.37. The number of unbranched alkanes of at least 4 members (excludes halogenated alkanes) is 1. The quantitative estimate of drug-likeness (QED) is 0.395. The van der Waals surface area contributed by atoms with Crippen molar-refractivity contribution in [2.24, 2.45) is 0 Å². The van der Waals surface area contributed by atoms with Crippen molar-refractivity contribution in [1.29, 1.82) is 0 Å². The second-order valence-corrected chi connectivity index (χ2v) is 7.97. The molecule has 3 aromatic carbocycles. The second kappa shape index (κ2) is 12.0. The number of carbonyl (C=O) groups is 2. The van der Waals surface area contributed by atoms with Crippen LogP contribution >= 0.6 is 11.6 Å². The third-order valence-electron chi connectivity index (χ3n) is 5.13. The highest BCUT2D eigenvalue weighted by Gasteiger charge is 2.21. The molecule has 0 saturated heterocycles. The van der Waals surface area contributed by atoms with E-state index in [4.69, 9.17) is 16.7 Å². The zero-order valence-electron chi connectivity index (χ0n) is 17.8. The lowest BCUT2D eigenvalue weighted by Gasteiger charge is -2.19. The first kappa shape index (κ1) is 23.5. The molecule has 0 aliphatic rings. The number of carbonyl (C=O) groups excluding carboxylic acids is 2. The first-order chi connectivity index (χ1) is 15.6. The van der Waals surface area contributed by atoms with E-state index < -0.39 is 6.04 Å². The summed E-state index contributed by atoms with van der Waals surface area (Å²) < 4.78 is 0. The minimum Gasteiger partial charge on any atom is -0.396 e. The Labute approximate surface area is 193 Å². The van der Waals surface area contributed by atoms with E-state index in [1.54, 1.807) is 24.3 Å². The molecule has 0 aromatic heterocycles. The van der Waals surface area contributed by atoms with E-state index in [9.17, 15) is 9.59 Å². The summed E-state index contributed by atoms with van der Waals surface area (Å²) in [4.78, 5) is 25.6. The summed E-state index contributed by atoms with van der Waals surface area (Å²) in [5.74, 6) is -0.575. The molecule has 3 aromatic rings. The second-order valence-electron chi connectivity index (χ2n) is 7.54. The SMILES string of the molecule is O=C(NC(CCCCO)C(=O)NCc1cccc(Cl)c1)c1ccc(-c2ccccc2)cc1. The molecular formula is C26H27ClN2O3. The Morgan fingerprint density at radius 3 is 2.28 bits per heavy atom. The van der Waals surface area contributed by atoms with Crippen LogP contribution in [0.2, 0.25) is 5.02 Å². The topological polar surface area (TPSA) is 78.4 Å². The lowest BCUT2D eigenvalue weighted by atomic mass is 10.0. The zero-order chi connectivity index (χ0) is 22.8. The van der Waals surface area contributed by atoms with Gasteiger partial charge in [0.25, 0.3) is 5.91 Å². The van der Waals surface area contributed by atoms with Gasteiger partial charge in [0.1, 0.15) is 6.04 Å². The molecule has 0 radical (unpaired) electrons. The van der Waals surface area contributed by atoms with Gasteiger partial charge in [-0.05, 0) is 60.2 Å². The maximum atomic E-state index is 12.8. The molecule has 0 aliphatic carbocycles. The number of rotatable bonds is 10. The van der Waals surface area contributed by atoms with E-state index in [0.29, 0.717) is 36.4 Å². The van der Waals surface area contributed by atoms with Crippen molar-refractivity contribution in [2.75, 3.05) is 6.61 Å². The van der Waals surface area contributed by atoms with Gasteiger partial charge < -0.3 is 15.7 Å². The Kier molecular flexibility index (Phi) is 8.84. The molecule has 0 aliphatic heterocycles. The fraction of sp³-hybridized carbons (Fsp3) is 0.231. The van der Waals surface area contributed by atoms with E-state index in [0.717, 1.165) is 16.7 Å². The van der Waals surface area contributed by atoms with Gasteiger partial charge in [0, 0.05) is 23.7 Å². The molecule has 0 fully saturated rings. The largest absolute Gasteiger partial charge is 0.396 e. The van der Waals surface area contributed by atoms with Crippen molar-refractivity contribution in [1.82, 2.24) is 10.6 Å². The van der Waals surface area contributed by atoms with Gasteiger partial charge in [-0.1, -0.05) is 66.2 Å². The highest BCUT2D eigenvalue weighted by molar-refractivity contribution is 6.30. The maximum Gasteiger partial charge on any atom is 0.251 e. The molecule has 0 spiro atoms. The number of nitrogens with one attached hydrogen (secondary N) is 2. The van der Waals surface area contributed by atoms with Crippen LogP contribution in [0.15, 0.2) is 78.9 Å². The predicted octanol–water partition coefficient (Wildman–Crippen LogP) is 4.58. The zero-order valence-corrected chi connectivity index (χ0v) is 18.5. The Balaban J connectivity index is 1.64. The van der Waals surface area contributed by atoms with Crippen LogP contribution in [-0.2, 0) is 11.3 Å². The summed E-state index contributed by atoms with van der Waals surface area (Å²) in [6, 6.07) is 23.8. The molecule has 0 heterocycles. The molecule has 2 amide bonds. The van der Waals surface area contributed by atoms with Crippen LogP contribution in [0.4, 0.5) is 0 Å². The van der Waals surface area contributed by atoms with Gasteiger partial charge in [-0.2, -0.15) is 0 Å². The van der Waals surface area contributed by atoms with Crippen LogP contribution < -0.4 is 10.6 Å². The molecule has 1 atom stereocenters. The summed E-state index contributed by atoms with van der Waals surface area (Å²) >= 11 is 6.00. The van der Waals surface area contributed by atoms with Crippen molar-refractivity contribution in [3.05, 3.63) is 95.0 Å². The molecule has 6 heteroatoms. The minimum absolute atomic E-state index is 0.0474. The average molecular weight is 451 g/mol. The number of benzene rings is 3. The lowest BCUT2D eigenvalue weighted by molar-refractivity contribution is -0.123. The van der Waals surface area contributed by atoms with Gasteiger partial charge in [0.2, 0.25) is 5.91 Å². The first-order valence-electron chi connectivity index (χ1n) is 10.7. The van der Waals surface area contributed by atoms with E-state index in [1.165, 1.54) is 0 Å². The number of hydrogen-bond donors (Lipinski definition) is 3. The van der Waals surface area contributed by atoms with Gasteiger partial charge in [-0.25, -0.2) is 0 Å². The number of aliphatic hydroxyl groups excluding tert-OH is 1. The monoisotopic (exact) mass is 450 g/mol. The number of hydrogen-bond acceptors (Lipinski definition) is 3. The van der Waals surface area contributed by atoms with Crippen LogP contribution in [0.25, 0.3) is 11.1 Å². The summed E-state index contributed by atoms with van der Waals surface area (Å²) in [5.41, 5.74) is 3.45. The van der Waals surface area contributed by atoms with Crippen LogP contribution in [0.1, 0.15) is 35.2 Å². The molecule has 0 saturated carbocycles. The van der Waals surface area contributed by atoms with E-state index in [1.807, 2.05) is 54.6 Å². The number of amides is 2. The van der Waals surface area contributed by atoms with Crippen molar-refractivity contribution in [2.45, 2.75) is 31.8 Å². The smallest absolute Gasteiger partial charge is 0.251 e. The van der Waals surface area contributed by atoms with Crippen molar-refractivity contribution in [3.8, 4) is 11.1 Å². The molecule has 32 heavy (non-hydrogen) atoms. The molecular weight excluding hydrogens is 424 g/mol. The van der Waals surface area contributed by atoms with E-state index in [2.05, 4.69) is 10.6 Å². The van der Waals surface area contributed by atoms with E-state index in [-0.39, 0.29) is 18.4 Å². The fourth-order valence-corrected chi connectivity index (χ4v) is 3.59. The Morgan fingerprint density at radius 1 is 0.875 bits per heavy atom. The van der Waals surface area contributed by atoms with Crippen LogP contribution in [0.5, 0.6) is 0 Å². The van der Waals surface area contributed by atoms with Gasteiger partial charge >= 0.3 is 0 Å². The third-order valence-corrected chi connectivity index (χ3v) is 5.37. The molecule has 1 unspecified atom stereocenters. The highest BCUT2D eigenvalue weighted by atomic mass is 35.5. The minimum atomic E-state index is -0.693.